The molecule has 0 aliphatic carbocycles. The summed E-state index contributed by atoms with van der Waals surface area (Å²) in [5.41, 5.74) is 0.0368. The van der Waals surface area contributed by atoms with Crippen molar-refractivity contribution >= 4 is 11.6 Å². The second-order valence-corrected chi connectivity index (χ2v) is 6.33. The maximum atomic E-state index is 4.66. The quantitative estimate of drug-likeness (QED) is 0.856. The van der Waals surface area contributed by atoms with Crippen molar-refractivity contribution < 1.29 is 0 Å². The molecule has 1 N–H and O–H groups in total. The van der Waals surface area contributed by atoms with Crippen LogP contribution in [0.3, 0.4) is 0 Å². The Bertz CT molecular complexity index is 382. The lowest BCUT2D eigenvalue weighted by molar-refractivity contribution is 0.401. The molecular weight excluding hydrogens is 236 g/mol. The van der Waals surface area contributed by atoms with E-state index >= 15 is 0 Å². The first kappa shape index (κ1) is 15.8. The molecule has 0 radical (unpaired) electrons. The lowest BCUT2D eigenvalue weighted by Crippen LogP contribution is -2.28. The van der Waals surface area contributed by atoms with E-state index < -0.39 is 0 Å². The molecule has 0 bridgehead atoms. The van der Waals surface area contributed by atoms with Crippen molar-refractivity contribution in [3.8, 4) is 0 Å². The van der Waals surface area contributed by atoms with Gasteiger partial charge in [-0.1, -0.05) is 6.07 Å². The van der Waals surface area contributed by atoms with Crippen LogP contribution in [0.4, 0.5) is 11.6 Å². The highest BCUT2D eigenvalue weighted by molar-refractivity contribution is 5.47. The van der Waals surface area contributed by atoms with Gasteiger partial charge in [0.05, 0.1) is 0 Å². The van der Waals surface area contributed by atoms with Crippen LogP contribution in [-0.2, 0) is 0 Å². The van der Waals surface area contributed by atoms with Gasteiger partial charge >= 0.3 is 0 Å². The van der Waals surface area contributed by atoms with Gasteiger partial charge in [-0.25, -0.2) is 4.98 Å². The third-order valence-electron chi connectivity index (χ3n) is 2.73. The highest BCUT2D eigenvalue weighted by Gasteiger charge is 2.11. The minimum absolute atomic E-state index is 0.0368. The topological polar surface area (TPSA) is 31.4 Å². The van der Waals surface area contributed by atoms with Crippen molar-refractivity contribution in [2.75, 3.05) is 44.4 Å². The average molecular weight is 264 g/mol. The molecule has 0 saturated heterocycles. The van der Waals surface area contributed by atoms with Crippen LogP contribution in [0.15, 0.2) is 18.2 Å². The highest BCUT2D eigenvalue weighted by atomic mass is 15.2. The molecule has 0 spiro atoms. The van der Waals surface area contributed by atoms with Gasteiger partial charge in [0, 0.05) is 19.1 Å². The van der Waals surface area contributed by atoms with E-state index in [4.69, 9.17) is 0 Å². The number of nitrogens with one attached hydrogen (secondary N) is 1. The largest absolute Gasteiger partial charge is 0.365 e. The van der Waals surface area contributed by atoms with Crippen LogP contribution in [0.5, 0.6) is 0 Å². The van der Waals surface area contributed by atoms with E-state index in [1.807, 2.05) is 6.07 Å². The molecule has 108 valence electrons. The summed E-state index contributed by atoms with van der Waals surface area (Å²) < 4.78 is 0. The van der Waals surface area contributed by atoms with Crippen LogP contribution < -0.4 is 10.2 Å². The third kappa shape index (κ3) is 6.43. The SMILES string of the molecule is CN(C)CCCN(C)c1cccc(NC(C)(C)C)n1. The fourth-order valence-corrected chi connectivity index (χ4v) is 1.83. The molecule has 0 aliphatic heterocycles. The zero-order valence-electron chi connectivity index (χ0n) is 13.2. The smallest absolute Gasteiger partial charge is 0.130 e. The van der Waals surface area contributed by atoms with Crippen molar-refractivity contribution in [1.29, 1.82) is 0 Å². The predicted octanol–water partition coefficient (Wildman–Crippen LogP) is 2.68. The summed E-state index contributed by atoms with van der Waals surface area (Å²) in [7, 11) is 6.30. The summed E-state index contributed by atoms with van der Waals surface area (Å²) >= 11 is 0. The first-order valence-electron chi connectivity index (χ1n) is 6.89. The Morgan fingerprint density at radius 1 is 1.11 bits per heavy atom. The molecule has 1 aromatic rings. The molecule has 1 aromatic heterocycles. The fraction of sp³-hybridized carbons (Fsp3) is 0.667. The fourth-order valence-electron chi connectivity index (χ4n) is 1.83. The molecule has 0 aromatic carbocycles. The van der Waals surface area contributed by atoms with Crippen LogP contribution in [0, 0.1) is 0 Å². The number of nitrogens with zero attached hydrogens (tertiary/aromatic N) is 3. The molecule has 19 heavy (non-hydrogen) atoms. The first-order chi connectivity index (χ1) is 8.78. The van der Waals surface area contributed by atoms with E-state index in [0.717, 1.165) is 31.1 Å². The maximum Gasteiger partial charge on any atom is 0.130 e. The second-order valence-electron chi connectivity index (χ2n) is 6.33. The predicted molar refractivity (Wildman–Crippen MR) is 84.1 cm³/mol. The minimum Gasteiger partial charge on any atom is -0.365 e. The lowest BCUT2D eigenvalue weighted by Gasteiger charge is -2.24. The van der Waals surface area contributed by atoms with Crippen LogP contribution in [0.25, 0.3) is 0 Å². The van der Waals surface area contributed by atoms with Gasteiger partial charge < -0.3 is 15.1 Å². The average Bonchev–Trinajstić information content (AvgIpc) is 2.26. The molecule has 4 nitrogen and oxygen atoms in total. The molecule has 0 aliphatic rings. The Labute approximate surface area is 117 Å². The van der Waals surface area contributed by atoms with Crippen LogP contribution in [0.1, 0.15) is 27.2 Å². The molecule has 0 unspecified atom stereocenters. The number of rotatable bonds is 6. The summed E-state index contributed by atoms with van der Waals surface area (Å²) in [6.07, 6.45) is 1.14. The summed E-state index contributed by atoms with van der Waals surface area (Å²) in [6, 6.07) is 6.13. The molecule has 1 heterocycles. The van der Waals surface area contributed by atoms with Crippen molar-refractivity contribution in [3.63, 3.8) is 0 Å². The van der Waals surface area contributed by atoms with Crippen LogP contribution in [0.2, 0.25) is 0 Å². The number of hydrogen-bond donors (Lipinski definition) is 1. The molecule has 0 fully saturated rings. The Morgan fingerprint density at radius 2 is 1.79 bits per heavy atom. The normalized spacial score (nSPS) is 11.7. The minimum atomic E-state index is 0.0368. The van der Waals surface area contributed by atoms with E-state index in [0.29, 0.717) is 0 Å². The van der Waals surface area contributed by atoms with Crippen molar-refractivity contribution in [2.45, 2.75) is 32.7 Å². The third-order valence-corrected chi connectivity index (χ3v) is 2.73. The van der Waals surface area contributed by atoms with Gasteiger partial charge in [-0.3, -0.25) is 0 Å². The molecule has 4 heteroatoms. The Hall–Kier alpha value is -1.29. The molecule has 0 atom stereocenters. The summed E-state index contributed by atoms with van der Waals surface area (Å²) in [4.78, 5) is 9.07. The van der Waals surface area contributed by atoms with E-state index in [9.17, 15) is 0 Å². The van der Waals surface area contributed by atoms with E-state index in [-0.39, 0.29) is 5.54 Å². The Balaban J connectivity index is 2.60. The summed E-state index contributed by atoms with van der Waals surface area (Å²) in [5, 5.41) is 3.40. The van der Waals surface area contributed by atoms with Crippen molar-refractivity contribution in [2.24, 2.45) is 0 Å². The molecular formula is C15H28N4. The lowest BCUT2D eigenvalue weighted by atomic mass is 10.1. The van der Waals surface area contributed by atoms with E-state index in [1.54, 1.807) is 0 Å². The van der Waals surface area contributed by atoms with Crippen molar-refractivity contribution in [3.05, 3.63) is 18.2 Å². The zero-order chi connectivity index (χ0) is 14.5. The van der Waals surface area contributed by atoms with Gasteiger partial charge in [0.15, 0.2) is 0 Å². The summed E-state index contributed by atoms with van der Waals surface area (Å²) in [5.74, 6) is 1.96. The van der Waals surface area contributed by atoms with Gasteiger partial charge in [0.25, 0.3) is 0 Å². The molecule has 0 amide bonds. The number of hydrogen-bond acceptors (Lipinski definition) is 4. The first-order valence-corrected chi connectivity index (χ1v) is 6.89. The standard InChI is InChI=1S/C15H28N4/c1-15(2,3)17-13-9-7-10-14(16-13)19(6)12-8-11-18(4)5/h7,9-10H,8,11-12H2,1-6H3,(H,16,17). The monoisotopic (exact) mass is 264 g/mol. The highest BCUT2D eigenvalue weighted by Crippen LogP contribution is 2.16. The Morgan fingerprint density at radius 3 is 2.37 bits per heavy atom. The van der Waals surface area contributed by atoms with Crippen LogP contribution >= 0.6 is 0 Å². The van der Waals surface area contributed by atoms with E-state index in [2.05, 4.69) is 74.1 Å². The number of pyridine rings is 1. The van der Waals surface area contributed by atoms with Gasteiger partial charge in [-0.2, -0.15) is 0 Å². The van der Waals surface area contributed by atoms with Crippen molar-refractivity contribution in [1.82, 2.24) is 9.88 Å². The maximum absolute atomic E-state index is 4.66. The van der Waals surface area contributed by atoms with Gasteiger partial charge in [-0.05, 0) is 60.0 Å². The second kappa shape index (κ2) is 6.75. The van der Waals surface area contributed by atoms with Crippen LogP contribution in [-0.4, -0.2) is 49.7 Å². The van der Waals surface area contributed by atoms with Gasteiger partial charge in [0.2, 0.25) is 0 Å². The van der Waals surface area contributed by atoms with Gasteiger partial charge in [-0.15, -0.1) is 0 Å². The summed E-state index contributed by atoms with van der Waals surface area (Å²) in [6.45, 7) is 8.54. The molecule has 0 saturated carbocycles. The Kier molecular flexibility index (Phi) is 5.60. The molecule has 1 rings (SSSR count). The van der Waals surface area contributed by atoms with Gasteiger partial charge in [0.1, 0.15) is 11.6 Å². The van der Waals surface area contributed by atoms with E-state index in [1.165, 1.54) is 0 Å². The number of anilines is 2. The number of aromatic nitrogens is 1. The zero-order valence-corrected chi connectivity index (χ0v) is 13.2.